The highest BCUT2D eigenvalue weighted by atomic mass is 16.4. The average Bonchev–Trinajstić information content (AvgIpc) is 3.51. The lowest BCUT2D eigenvalue weighted by atomic mass is 9.95. The van der Waals surface area contributed by atoms with Gasteiger partial charge in [-0.25, -0.2) is 0 Å². The van der Waals surface area contributed by atoms with Crippen LogP contribution < -0.4 is 0 Å². The molecule has 34 heavy (non-hydrogen) atoms. The van der Waals surface area contributed by atoms with Gasteiger partial charge in [-0.05, 0) is 43.5 Å². The second-order valence-corrected chi connectivity index (χ2v) is 10.4. The van der Waals surface area contributed by atoms with Crippen LogP contribution in [0.15, 0.2) is 33.1 Å². The summed E-state index contributed by atoms with van der Waals surface area (Å²) < 4.78 is 12.8. The molecule has 0 unspecified atom stereocenters. The molecule has 0 aromatic carbocycles. The minimum atomic E-state index is 0.262. The van der Waals surface area contributed by atoms with Crippen LogP contribution in [-0.2, 0) is 12.8 Å². The van der Waals surface area contributed by atoms with Crippen molar-refractivity contribution in [3.8, 4) is 0 Å². The molecule has 194 valence electrons. The maximum absolute atomic E-state index is 6.38. The van der Waals surface area contributed by atoms with Crippen molar-refractivity contribution >= 4 is 0 Å². The van der Waals surface area contributed by atoms with Crippen molar-refractivity contribution in [2.24, 2.45) is 0 Å². The first-order valence-electron chi connectivity index (χ1n) is 15.0. The van der Waals surface area contributed by atoms with Crippen molar-refractivity contribution in [3.05, 3.63) is 47.3 Å². The van der Waals surface area contributed by atoms with Crippen LogP contribution in [0, 0.1) is 0 Å². The van der Waals surface area contributed by atoms with Gasteiger partial charge < -0.3 is 8.83 Å². The van der Waals surface area contributed by atoms with Crippen molar-refractivity contribution in [1.82, 2.24) is 0 Å². The molecule has 2 aromatic rings. The van der Waals surface area contributed by atoms with E-state index in [-0.39, 0.29) is 5.92 Å². The van der Waals surface area contributed by atoms with E-state index in [1.54, 1.807) is 0 Å². The number of hydrogen-bond acceptors (Lipinski definition) is 2. The summed E-state index contributed by atoms with van der Waals surface area (Å²) >= 11 is 0. The van der Waals surface area contributed by atoms with Crippen molar-refractivity contribution in [2.75, 3.05) is 0 Å². The van der Waals surface area contributed by atoms with Crippen LogP contribution in [0.4, 0.5) is 0 Å². The van der Waals surface area contributed by atoms with Crippen LogP contribution in [0.1, 0.15) is 165 Å². The zero-order valence-electron chi connectivity index (χ0n) is 22.8. The molecule has 0 atom stereocenters. The molecule has 0 N–H and O–H groups in total. The fourth-order valence-electron chi connectivity index (χ4n) is 4.97. The molecule has 0 saturated carbocycles. The lowest BCUT2D eigenvalue weighted by Crippen LogP contribution is -1.99. The zero-order chi connectivity index (χ0) is 24.3. The normalized spacial score (nSPS) is 11.6. The van der Waals surface area contributed by atoms with Crippen molar-refractivity contribution < 1.29 is 8.83 Å². The number of furan rings is 2. The van der Waals surface area contributed by atoms with E-state index in [0.717, 1.165) is 42.3 Å². The van der Waals surface area contributed by atoms with Crippen molar-refractivity contribution in [2.45, 2.75) is 155 Å². The summed E-state index contributed by atoms with van der Waals surface area (Å²) in [5.74, 6) is 4.77. The van der Waals surface area contributed by atoms with Crippen molar-refractivity contribution in [3.63, 3.8) is 0 Å². The van der Waals surface area contributed by atoms with E-state index in [1.807, 2.05) is 0 Å². The van der Waals surface area contributed by atoms with Crippen LogP contribution in [0.2, 0.25) is 0 Å². The monoisotopic (exact) mass is 470 g/mol. The summed E-state index contributed by atoms with van der Waals surface area (Å²) in [6.45, 7) is 6.83. The molecule has 0 amide bonds. The average molecular weight is 471 g/mol. The van der Waals surface area contributed by atoms with Gasteiger partial charge in [-0.2, -0.15) is 0 Å². The van der Waals surface area contributed by atoms with E-state index >= 15 is 0 Å². The lowest BCUT2D eigenvalue weighted by Gasteiger charge is -2.13. The molecule has 0 aliphatic rings. The summed E-state index contributed by atoms with van der Waals surface area (Å²) in [5, 5.41) is 0. The minimum Gasteiger partial charge on any atom is -0.465 e. The molecule has 0 saturated heterocycles. The van der Waals surface area contributed by atoms with Crippen LogP contribution in [0.25, 0.3) is 0 Å². The Labute approximate surface area is 211 Å². The molecule has 2 aromatic heterocycles. The number of unbranched alkanes of at least 4 members (excludes halogenated alkanes) is 14. The van der Waals surface area contributed by atoms with Gasteiger partial charge in [-0.1, -0.05) is 117 Å². The first-order valence-corrected chi connectivity index (χ1v) is 15.0. The number of aryl methyl sites for hydroxylation is 2. The lowest BCUT2D eigenvalue weighted by molar-refractivity contribution is 0.376. The van der Waals surface area contributed by atoms with E-state index in [9.17, 15) is 0 Å². The van der Waals surface area contributed by atoms with Crippen LogP contribution in [0.5, 0.6) is 0 Å². The van der Waals surface area contributed by atoms with E-state index < -0.39 is 0 Å². The Hall–Kier alpha value is -1.44. The highest BCUT2D eigenvalue weighted by Crippen LogP contribution is 2.33. The number of hydrogen-bond donors (Lipinski definition) is 0. The van der Waals surface area contributed by atoms with Gasteiger partial charge in [0.05, 0.1) is 5.92 Å². The molecular weight excluding hydrogens is 416 g/mol. The third-order valence-corrected chi connectivity index (χ3v) is 7.20. The van der Waals surface area contributed by atoms with Crippen LogP contribution in [-0.4, -0.2) is 0 Å². The predicted octanol–water partition coefficient (Wildman–Crippen LogP) is 11.2. The summed E-state index contributed by atoms with van der Waals surface area (Å²) in [4.78, 5) is 0. The molecule has 0 spiro atoms. The highest BCUT2D eigenvalue weighted by Gasteiger charge is 2.21. The molecule has 0 radical (unpaired) electrons. The number of rotatable bonds is 22. The Bertz CT molecular complexity index is 660. The maximum Gasteiger partial charge on any atom is 0.114 e. The van der Waals surface area contributed by atoms with Gasteiger partial charge in [-0.15, -0.1) is 0 Å². The van der Waals surface area contributed by atoms with Gasteiger partial charge in [0, 0.05) is 12.8 Å². The van der Waals surface area contributed by atoms with Gasteiger partial charge >= 0.3 is 0 Å². The molecule has 0 aliphatic carbocycles. The molecule has 0 aliphatic heterocycles. The summed E-state index contributed by atoms with van der Waals surface area (Å²) in [6.07, 6.45) is 25.8. The maximum atomic E-state index is 6.38. The van der Waals surface area contributed by atoms with E-state index in [4.69, 9.17) is 8.83 Å². The molecule has 2 nitrogen and oxygen atoms in total. The standard InChI is InChI=1S/C32H54O2/c1-4-7-10-13-14-15-16-17-20-23-30(31-26-24-28(33-31)21-18-11-8-5-2)32-27-25-29(34-32)22-19-12-9-6-3/h24-27,30H,4-23H2,1-3H3. The summed E-state index contributed by atoms with van der Waals surface area (Å²) in [7, 11) is 0. The first kappa shape index (κ1) is 28.8. The quantitative estimate of drug-likeness (QED) is 0.160. The topological polar surface area (TPSA) is 26.3 Å². The van der Waals surface area contributed by atoms with Gasteiger partial charge in [0.15, 0.2) is 0 Å². The van der Waals surface area contributed by atoms with Gasteiger partial charge in [0.2, 0.25) is 0 Å². The van der Waals surface area contributed by atoms with E-state index in [2.05, 4.69) is 45.0 Å². The predicted molar refractivity (Wildman–Crippen MR) is 147 cm³/mol. The SMILES string of the molecule is CCCCCCCCCCCC(c1ccc(CCCCCC)o1)c1ccc(CCCCCC)o1. The Morgan fingerprint density at radius 3 is 1.29 bits per heavy atom. The molecule has 2 heterocycles. The van der Waals surface area contributed by atoms with E-state index in [0.29, 0.717) is 0 Å². The zero-order valence-corrected chi connectivity index (χ0v) is 22.8. The first-order chi connectivity index (χ1) is 16.8. The summed E-state index contributed by atoms with van der Waals surface area (Å²) in [5.41, 5.74) is 0. The van der Waals surface area contributed by atoms with Gasteiger partial charge in [0.25, 0.3) is 0 Å². The fourth-order valence-corrected chi connectivity index (χ4v) is 4.97. The second-order valence-electron chi connectivity index (χ2n) is 10.4. The van der Waals surface area contributed by atoms with Crippen LogP contribution in [0.3, 0.4) is 0 Å². The molecule has 2 heteroatoms. The third kappa shape index (κ3) is 11.8. The molecule has 0 bridgehead atoms. The Morgan fingerprint density at radius 1 is 0.471 bits per heavy atom. The van der Waals surface area contributed by atoms with Crippen LogP contribution >= 0.6 is 0 Å². The van der Waals surface area contributed by atoms with Gasteiger partial charge in [-0.3, -0.25) is 0 Å². The smallest absolute Gasteiger partial charge is 0.114 e. The Balaban J connectivity index is 1.88. The molecular formula is C32H54O2. The summed E-state index contributed by atoms with van der Waals surface area (Å²) in [6, 6.07) is 8.85. The Morgan fingerprint density at radius 2 is 0.853 bits per heavy atom. The molecule has 2 rings (SSSR count). The second kappa shape index (κ2) is 18.8. The largest absolute Gasteiger partial charge is 0.465 e. The fraction of sp³-hybridized carbons (Fsp3) is 0.750. The van der Waals surface area contributed by atoms with Crippen molar-refractivity contribution in [1.29, 1.82) is 0 Å². The molecule has 0 fully saturated rings. The highest BCUT2D eigenvalue weighted by molar-refractivity contribution is 5.23. The van der Waals surface area contributed by atoms with E-state index in [1.165, 1.54) is 109 Å². The Kier molecular flexibility index (Phi) is 16.0. The third-order valence-electron chi connectivity index (χ3n) is 7.20. The van der Waals surface area contributed by atoms with Gasteiger partial charge in [0.1, 0.15) is 23.0 Å². The minimum absolute atomic E-state index is 0.262.